The summed E-state index contributed by atoms with van der Waals surface area (Å²) in [7, 11) is 0. The summed E-state index contributed by atoms with van der Waals surface area (Å²) in [6, 6.07) is 50.1. The van der Waals surface area contributed by atoms with Crippen molar-refractivity contribution in [3.05, 3.63) is 159 Å². The third-order valence-corrected chi connectivity index (χ3v) is 9.18. The van der Waals surface area contributed by atoms with Crippen molar-refractivity contribution in [3.63, 3.8) is 0 Å². The molecule has 45 heavy (non-hydrogen) atoms. The summed E-state index contributed by atoms with van der Waals surface area (Å²) in [4.78, 5) is 14.9. The molecular weight excluding hydrogens is 750 g/mol. The van der Waals surface area contributed by atoms with Crippen molar-refractivity contribution in [1.82, 2.24) is 15.0 Å². The second kappa shape index (κ2) is 13.0. The highest BCUT2D eigenvalue weighted by Gasteiger charge is 2.13. The molecule has 0 aliphatic carbocycles. The molecule has 0 fully saturated rings. The predicted octanol–water partition coefficient (Wildman–Crippen LogP) is 12.2. The van der Waals surface area contributed by atoms with Crippen molar-refractivity contribution in [2.24, 2.45) is 0 Å². The van der Waals surface area contributed by atoms with Gasteiger partial charge in [-0.2, -0.15) is 0 Å². The zero-order valence-electron chi connectivity index (χ0n) is 23.8. The van der Waals surface area contributed by atoms with Crippen LogP contribution in [0, 0.1) is 0 Å². The Kier molecular flexibility index (Phi) is 8.53. The van der Waals surface area contributed by atoms with Crippen molar-refractivity contribution in [1.29, 1.82) is 0 Å². The van der Waals surface area contributed by atoms with Crippen LogP contribution in [-0.4, -0.2) is 15.0 Å². The van der Waals surface area contributed by atoms with Crippen LogP contribution in [0.3, 0.4) is 0 Å². The molecule has 1 heterocycles. The third-order valence-electron chi connectivity index (χ3n) is 7.60. The molecule has 0 aliphatic rings. The maximum atomic E-state index is 4.96. The molecule has 0 N–H and O–H groups in total. The van der Waals surface area contributed by atoms with Gasteiger partial charge in [0.05, 0.1) is 0 Å². The average Bonchev–Trinajstić information content (AvgIpc) is 3.09. The van der Waals surface area contributed by atoms with E-state index in [-0.39, 0.29) is 0 Å². The first-order valence-electron chi connectivity index (χ1n) is 14.3. The van der Waals surface area contributed by atoms with Crippen molar-refractivity contribution in [3.8, 4) is 67.5 Å². The summed E-state index contributed by atoms with van der Waals surface area (Å²) >= 11 is 10.6. The highest BCUT2D eigenvalue weighted by Crippen LogP contribution is 2.30. The van der Waals surface area contributed by atoms with Gasteiger partial charge < -0.3 is 0 Å². The Hall–Kier alpha value is -4.23. The minimum Gasteiger partial charge on any atom is -0.208 e. The van der Waals surface area contributed by atoms with E-state index in [0.29, 0.717) is 17.5 Å². The molecule has 216 valence electrons. The van der Waals surface area contributed by atoms with Crippen LogP contribution in [0.2, 0.25) is 0 Å². The molecule has 0 unspecified atom stereocenters. The lowest BCUT2D eigenvalue weighted by Gasteiger charge is -2.10. The molecule has 0 saturated heterocycles. The second-order valence-corrected chi connectivity index (χ2v) is 13.3. The minimum absolute atomic E-state index is 0.631. The van der Waals surface area contributed by atoms with Gasteiger partial charge in [0, 0.05) is 30.1 Å². The SMILES string of the molecule is Brc1ccc(-c2ccc(-c3nc(-c4ccc(-c5ccc(Br)cc5)cc4)nc(-c4ccc(-c5ccc(Br)cc5)cc4)n3)cc2)cc1. The largest absolute Gasteiger partial charge is 0.208 e. The Morgan fingerprint density at radius 1 is 0.222 bits per heavy atom. The zero-order chi connectivity index (χ0) is 30.8. The number of halogens is 3. The van der Waals surface area contributed by atoms with E-state index in [1.54, 1.807) is 0 Å². The van der Waals surface area contributed by atoms with Crippen LogP contribution in [-0.2, 0) is 0 Å². The van der Waals surface area contributed by atoms with E-state index in [1.807, 2.05) is 0 Å². The molecule has 0 aliphatic heterocycles. The van der Waals surface area contributed by atoms with Crippen LogP contribution in [0.15, 0.2) is 159 Å². The second-order valence-electron chi connectivity index (χ2n) is 10.6. The first-order chi connectivity index (χ1) is 22.0. The van der Waals surface area contributed by atoms with E-state index in [2.05, 4.69) is 193 Å². The Morgan fingerprint density at radius 2 is 0.378 bits per heavy atom. The van der Waals surface area contributed by atoms with E-state index in [0.717, 1.165) is 63.5 Å². The molecule has 6 aromatic carbocycles. The lowest BCUT2D eigenvalue weighted by atomic mass is 10.0. The molecule has 0 saturated carbocycles. The molecule has 6 heteroatoms. The van der Waals surface area contributed by atoms with Gasteiger partial charge in [0.2, 0.25) is 0 Å². The fourth-order valence-corrected chi connectivity index (χ4v) is 5.92. The van der Waals surface area contributed by atoms with E-state index in [4.69, 9.17) is 15.0 Å². The van der Waals surface area contributed by atoms with E-state index < -0.39 is 0 Å². The normalized spacial score (nSPS) is 11.0. The molecule has 0 bridgehead atoms. The Morgan fingerprint density at radius 3 is 0.578 bits per heavy atom. The number of hydrogen-bond donors (Lipinski definition) is 0. The van der Waals surface area contributed by atoms with E-state index in [9.17, 15) is 0 Å². The summed E-state index contributed by atoms with van der Waals surface area (Å²) < 4.78 is 3.17. The summed E-state index contributed by atoms with van der Waals surface area (Å²) in [5.41, 5.74) is 9.64. The molecule has 1 aromatic heterocycles. The van der Waals surface area contributed by atoms with E-state index in [1.165, 1.54) is 0 Å². The fraction of sp³-hybridized carbons (Fsp3) is 0. The van der Waals surface area contributed by atoms with Crippen LogP contribution in [0.5, 0.6) is 0 Å². The number of benzene rings is 6. The van der Waals surface area contributed by atoms with Gasteiger partial charge in [-0.05, 0) is 69.8 Å². The number of aromatic nitrogens is 3. The van der Waals surface area contributed by atoms with Crippen molar-refractivity contribution in [2.75, 3.05) is 0 Å². The molecule has 0 radical (unpaired) electrons. The first-order valence-corrected chi connectivity index (χ1v) is 16.7. The van der Waals surface area contributed by atoms with Gasteiger partial charge in [-0.15, -0.1) is 0 Å². The van der Waals surface area contributed by atoms with Gasteiger partial charge in [0.15, 0.2) is 17.5 Å². The van der Waals surface area contributed by atoms with E-state index >= 15 is 0 Å². The standard InChI is InChI=1S/C39H24Br3N3/c40-34-19-13-28(14-20-34)25-1-7-31(8-2-25)37-43-38(32-9-3-26(4-10-32)29-15-21-35(41)22-16-29)45-39(44-37)33-11-5-27(6-12-33)30-17-23-36(42)24-18-30/h1-24H. The predicted molar refractivity (Wildman–Crippen MR) is 196 cm³/mol. The average molecular weight is 774 g/mol. The lowest BCUT2D eigenvalue weighted by Crippen LogP contribution is -2.00. The van der Waals surface area contributed by atoms with Gasteiger partial charge in [-0.25, -0.2) is 15.0 Å². The van der Waals surface area contributed by atoms with Crippen molar-refractivity contribution in [2.45, 2.75) is 0 Å². The topological polar surface area (TPSA) is 38.7 Å². The maximum absolute atomic E-state index is 4.96. The molecule has 0 spiro atoms. The van der Waals surface area contributed by atoms with Crippen LogP contribution in [0.4, 0.5) is 0 Å². The lowest BCUT2D eigenvalue weighted by molar-refractivity contribution is 1.07. The maximum Gasteiger partial charge on any atom is 0.164 e. The quantitative estimate of drug-likeness (QED) is 0.169. The van der Waals surface area contributed by atoms with Crippen molar-refractivity contribution >= 4 is 47.8 Å². The summed E-state index contributed by atoms with van der Waals surface area (Å²) in [6.07, 6.45) is 0. The van der Waals surface area contributed by atoms with Crippen LogP contribution in [0.25, 0.3) is 67.5 Å². The first kappa shape index (κ1) is 29.5. The molecule has 7 aromatic rings. The van der Waals surface area contributed by atoms with Gasteiger partial charge in [0.25, 0.3) is 0 Å². The van der Waals surface area contributed by atoms with Gasteiger partial charge in [-0.3, -0.25) is 0 Å². The Labute approximate surface area is 287 Å². The summed E-state index contributed by atoms with van der Waals surface area (Å²) in [5, 5.41) is 0. The summed E-state index contributed by atoms with van der Waals surface area (Å²) in [5.74, 6) is 1.89. The highest BCUT2D eigenvalue weighted by atomic mass is 79.9. The van der Waals surface area contributed by atoms with Gasteiger partial charge in [-0.1, -0.05) is 157 Å². The summed E-state index contributed by atoms with van der Waals surface area (Å²) in [6.45, 7) is 0. The zero-order valence-corrected chi connectivity index (χ0v) is 28.6. The number of hydrogen-bond acceptors (Lipinski definition) is 3. The van der Waals surface area contributed by atoms with Crippen LogP contribution >= 0.6 is 47.8 Å². The van der Waals surface area contributed by atoms with Gasteiger partial charge >= 0.3 is 0 Å². The Balaban J connectivity index is 1.27. The number of rotatable bonds is 6. The number of nitrogens with zero attached hydrogens (tertiary/aromatic N) is 3. The third kappa shape index (κ3) is 6.74. The molecule has 0 atom stereocenters. The van der Waals surface area contributed by atoms with Crippen LogP contribution < -0.4 is 0 Å². The smallest absolute Gasteiger partial charge is 0.164 e. The van der Waals surface area contributed by atoms with Crippen molar-refractivity contribution < 1.29 is 0 Å². The van der Waals surface area contributed by atoms with Gasteiger partial charge in [0.1, 0.15) is 0 Å². The van der Waals surface area contributed by atoms with Crippen LogP contribution in [0.1, 0.15) is 0 Å². The molecule has 0 amide bonds. The minimum atomic E-state index is 0.631. The Bertz CT molecular complexity index is 1820. The molecule has 3 nitrogen and oxygen atoms in total. The monoisotopic (exact) mass is 771 g/mol. The molecular formula is C39H24Br3N3. The highest BCUT2D eigenvalue weighted by molar-refractivity contribution is 9.11. The molecule has 7 rings (SSSR count). The fourth-order valence-electron chi connectivity index (χ4n) is 5.13.